The molecule has 3 rings (SSSR count). The van der Waals surface area contributed by atoms with E-state index in [0.717, 1.165) is 22.3 Å². The van der Waals surface area contributed by atoms with Gasteiger partial charge in [-0.05, 0) is 63.8 Å². The van der Waals surface area contributed by atoms with Gasteiger partial charge in [0, 0.05) is 30.8 Å². The van der Waals surface area contributed by atoms with Gasteiger partial charge in [-0.25, -0.2) is 4.79 Å². The van der Waals surface area contributed by atoms with Crippen LogP contribution in [0.4, 0.5) is 4.79 Å². The molecule has 0 heterocycles. The molecule has 6 nitrogen and oxygen atoms in total. The average molecular weight is 455 g/mol. The van der Waals surface area contributed by atoms with Crippen molar-refractivity contribution in [3.63, 3.8) is 0 Å². The fraction of sp³-hybridized carbons (Fsp3) is 0.481. The molecule has 33 heavy (non-hydrogen) atoms. The number of benzene rings is 2. The van der Waals surface area contributed by atoms with E-state index in [9.17, 15) is 14.7 Å². The van der Waals surface area contributed by atoms with Crippen molar-refractivity contribution in [1.29, 1.82) is 0 Å². The number of carbonyl (C=O) groups is 2. The number of alkyl carbamates (subject to hydrolysis) is 1. The van der Waals surface area contributed by atoms with Crippen LogP contribution in [0.2, 0.25) is 0 Å². The number of rotatable bonds is 5. The molecule has 6 heteroatoms. The Morgan fingerprint density at radius 1 is 1.00 bits per heavy atom. The Morgan fingerprint density at radius 3 is 2.12 bits per heavy atom. The highest BCUT2D eigenvalue weighted by molar-refractivity contribution is 5.94. The number of hydrogen-bond donors (Lipinski definition) is 3. The van der Waals surface area contributed by atoms with Gasteiger partial charge in [0.05, 0.1) is 0 Å². The molecule has 2 aromatic carbocycles. The zero-order chi connectivity index (χ0) is 24.4. The number of amides is 1. The van der Waals surface area contributed by atoms with Crippen molar-refractivity contribution in [1.82, 2.24) is 10.6 Å². The van der Waals surface area contributed by atoms with Gasteiger partial charge in [-0.3, -0.25) is 4.79 Å². The van der Waals surface area contributed by atoms with Gasteiger partial charge >= 0.3 is 6.09 Å². The van der Waals surface area contributed by atoms with E-state index in [1.54, 1.807) is 13.0 Å². The summed E-state index contributed by atoms with van der Waals surface area (Å²) in [6.45, 7) is 7.73. The fourth-order valence-corrected chi connectivity index (χ4v) is 3.69. The topological polar surface area (TPSA) is 87.7 Å². The molecule has 2 aromatic rings. The molecule has 0 aliphatic heterocycles. The van der Waals surface area contributed by atoms with Crippen LogP contribution in [0.5, 0.6) is 5.75 Å². The summed E-state index contributed by atoms with van der Waals surface area (Å²) < 4.78 is 4.84. The predicted molar refractivity (Wildman–Crippen MR) is 133 cm³/mol. The summed E-state index contributed by atoms with van der Waals surface area (Å²) in [6.07, 6.45) is 6.01. The van der Waals surface area contributed by atoms with Crippen LogP contribution in [-0.4, -0.2) is 35.7 Å². The lowest BCUT2D eigenvalue weighted by atomic mass is 9.95. The van der Waals surface area contributed by atoms with E-state index in [1.807, 2.05) is 57.2 Å². The normalized spacial score (nSPS) is 14.1. The second-order valence-electron chi connectivity index (χ2n) is 9.44. The maximum atomic E-state index is 11.4. The molecule has 1 saturated carbocycles. The maximum Gasteiger partial charge on any atom is 0.407 e. The molecular weight excluding hydrogens is 416 g/mol. The van der Waals surface area contributed by atoms with Crippen LogP contribution >= 0.6 is 0 Å². The van der Waals surface area contributed by atoms with Crippen LogP contribution in [-0.2, 0) is 11.3 Å². The number of hydrogen-bond acceptors (Lipinski definition) is 5. The van der Waals surface area contributed by atoms with E-state index in [-0.39, 0.29) is 17.5 Å². The zero-order valence-electron chi connectivity index (χ0n) is 20.5. The van der Waals surface area contributed by atoms with Gasteiger partial charge < -0.3 is 20.5 Å². The predicted octanol–water partition coefficient (Wildman–Crippen LogP) is 5.83. The van der Waals surface area contributed by atoms with Gasteiger partial charge in [-0.2, -0.15) is 0 Å². The van der Waals surface area contributed by atoms with E-state index in [1.165, 1.54) is 39.2 Å². The number of aromatic hydroxyl groups is 1. The molecule has 0 saturated heterocycles. The molecule has 3 N–H and O–H groups in total. The lowest BCUT2D eigenvalue weighted by Gasteiger charge is -2.23. The Balaban J connectivity index is 0.000000365. The van der Waals surface area contributed by atoms with Gasteiger partial charge in [0.15, 0.2) is 5.78 Å². The molecule has 1 aliphatic carbocycles. The lowest BCUT2D eigenvalue weighted by Crippen LogP contribution is -2.30. The average Bonchev–Trinajstić information content (AvgIpc) is 2.78. The number of carbonyl (C=O) groups excluding carboxylic acids is 2. The first-order chi connectivity index (χ1) is 15.6. The third kappa shape index (κ3) is 9.26. The lowest BCUT2D eigenvalue weighted by molar-refractivity contribution is 0.0541. The molecule has 0 atom stereocenters. The SMILES string of the molecule is CC(=O)c1ccc(-c2ccc(O)c(CNC3CCCCC3)c2)cc1.CNC(=O)OC(C)(C)C. The highest BCUT2D eigenvalue weighted by atomic mass is 16.6. The minimum Gasteiger partial charge on any atom is -0.508 e. The number of phenolic OH excluding ortho intramolecular Hbond substituents is 1. The van der Waals surface area contributed by atoms with Crippen molar-refractivity contribution in [2.45, 2.75) is 78.0 Å². The maximum absolute atomic E-state index is 11.4. The van der Waals surface area contributed by atoms with Crippen LogP contribution in [0.25, 0.3) is 11.1 Å². The number of nitrogens with one attached hydrogen (secondary N) is 2. The van der Waals surface area contributed by atoms with Crippen LogP contribution < -0.4 is 10.6 Å². The second kappa shape index (κ2) is 12.4. The first kappa shape index (κ1) is 26.4. The van der Waals surface area contributed by atoms with Crippen molar-refractivity contribution in [2.75, 3.05) is 7.05 Å². The van der Waals surface area contributed by atoms with Gasteiger partial charge in [0.25, 0.3) is 0 Å². The van der Waals surface area contributed by atoms with E-state index < -0.39 is 0 Å². The molecular formula is C27H38N2O4. The van der Waals surface area contributed by atoms with Crippen LogP contribution in [0, 0.1) is 0 Å². The van der Waals surface area contributed by atoms with Crippen molar-refractivity contribution in [3.8, 4) is 16.9 Å². The van der Waals surface area contributed by atoms with Gasteiger partial charge in [0.1, 0.15) is 11.4 Å². The smallest absolute Gasteiger partial charge is 0.407 e. The third-order valence-corrected chi connectivity index (χ3v) is 5.49. The van der Waals surface area contributed by atoms with Gasteiger partial charge in [-0.1, -0.05) is 49.6 Å². The van der Waals surface area contributed by atoms with E-state index >= 15 is 0 Å². The van der Waals surface area contributed by atoms with Crippen molar-refractivity contribution in [3.05, 3.63) is 53.6 Å². The molecule has 0 spiro atoms. The Labute approximate surface area is 197 Å². The van der Waals surface area contributed by atoms with E-state index in [0.29, 0.717) is 18.3 Å². The van der Waals surface area contributed by atoms with Gasteiger partial charge in [-0.15, -0.1) is 0 Å². The standard InChI is InChI=1S/C21H25NO2.C6H13NO2/c1-15(23)16-7-9-17(10-8-16)18-11-12-21(24)19(13-18)14-22-20-5-3-2-4-6-20;1-6(2,3)9-5(8)7-4/h7-13,20,22,24H,2-6,14H2,1H3;1-4H3,(H,7,8). The third-order valence-electron chi connectivity index (χ3n) is 5.49. The number of ketones is 1. The molecule has 0 radical (unpaired) electrons. The first-order valence-electron chi connectivity index (χ1n) is 11.7. The second-order valence-corrected chi connectivity index (χ2v) is 9.44. The zero-order valence-corrected chi connectivity index (χ0v) is 20.5. The number of ether oxygens (including phenoxy) is 1. The number of phenols is 1. The summed E-state index contributed by atoms with van der Waals surface area (Å²) in [7, 11) is 1.54. The van der Waals surface area contributed by atoms with Crippen molar-refractivity contribution >= 4 is 11.9 Å². The number of Topliss-reactive ketones (excluding diaryl/α,β-unsaturated/α-hetero) is 1. The molecule has 0 unspecified atom stereocenters. The van der Waals surface area contributed by atoms with Crippen molar-refractivity contribution < 1.29 is 19.4 Å². The minimum atomic E-state index is -0.389. The van der Waals surface area contributed by atoms with E-state index in [4.69, 9.17) is 4.74 Å². The summed E-state index contributed by atoms with van der Waals surface area (Å²) in [5.41, 5.74) is 3.37. The summed E-state index contributed by atoms with van der Waals surface area (Å²) in [5, 5.41) is 16.1. The molecule has 1 fully saturated rings. The molecule has 180 valence electrons. The Bertz CT molecular complexity index is 911. The van der Waals surface area contributed by atoms with Crippen LogP contribution in [0.3, 0.4) is 0 Å². The molecule has 1 amide bonds. The van der Waals surface area contributed by atoms with Crippen molar-refractivity contribution in [2.24, 2.45) is 0 Å². The monoisotopic (exact) mass is 454 g/mol. The quantitative estimate of drug-likeness (QED) is 0.495. The molecule has 0 aromatic heterocycles. The van der Waals surface area contributed by atoms with Crippen LogP contribution in [0.1, 0.15) is 75.7 Å². The Morgan fingerprint density at radius 2 is 1.61 bits per heavy atom. The highest BCUT2D eigenvalue weighted by Crippen LogP contribution is 2.27. The summed E-state index contributed by atoms with van der Waals surface area (Å²) in [6, 6.07) is 13.9. The Kier molecular flexibility index (Phi) is 9.92. The molecule has 1 aliphatic rings. The highest BCUT2D eigenvalue weighted by Gasteiger charge is 2.14. The van der Waals surface area contributed by atoms with Crippen LogP contribution in [0.15, 0.2) is 42.5 Å². The summed E-state index contributed by atoms with van der Waals surface area (Å²) >= 11 is 0. The fourth-order valence-electron chi connectivity index (χ4n) is 3.69. The van der Waals surface area contributed by atoms with E-state index in [2.05, 4.69) is 10.6 Å². The molecule has 0 bridgehead atoms. The summed E-state index contributed by atoms with van der Waals surface area (Å²) in [4.78, 5) is 21.9. The Hall–Kier alpha value is -2.86. The van der Waals surface area contributed by atoms with Gasteiger partial charge in [0.2, 0.25) is 0 Å². The first-order valence-corrected chi connectivity index (χ1v) is 11.7. The largest absolute Gasteiger partial charge is 0.508 e. The minimum absolute atomic E-state index is 0.0737. The summed E-state index contributed by atoms with van der Waals surface area (Å²) in [5.74, 6) is 0.409.